The number of carbonyl (C=O) groups is 1. The van der Waals surface area contributed by atoms with E-state index in [1.54, 1.807) is 30.6 Å². The van der Waals surface area contributed by atoms with Crippen LogP contribution in [0.25, 0.3) is 0 Å². The topological polar surface area (TPSA) is 61.4 Å². The number of hydrogen-bond acceptors (Lipinski definition) is 4. The molecule has 1 aliphatic heterocycles. The molecule has 2 aromatic rings. The first-order chi connectivity index (χ1) is 12.2. The molecule has 4 rings (SSSR count). The summed E-state index contributed by atoms with van der Waals surface area (Å²) < 4.78 is 13.3. The Kier molecular flexibility index (Phi) is 4.21. The SMILES string of the molecule is O=C(NC1CCc2cc(F)ccc21)N1CCN(c2ncccn2)CC1. The molecule has 0 spiro atoms. The molecule has 0 radical (unpaired) electrons. The van der Waals surface area contributed by atoms with Gasteiger partial charge in [-0.05, 0) is 42.2 Å². The van der Waals surface area contributed by atoms with Crippen molar-refractivity contribution in [2.45, 2.75) is 18.9 Å². The number of aromatic nitrogens is 2. The first-order valence-electron chi connectivity index (χ1n) is 8.56. The van der Waals surface area contributed by atoms with E-state index in [1.807, 2.05) is 4.90 Å². The molecule has 2 aliphatic rings. The number of aryl methyl sites for hydroxylation is 1. The lowest BCUT2D eigenvalue weighted by atomic mass is 10.1. The number of nitrogens with one attached hydrogen (secondary N) is 1. The molecular formula is C18H20FN5O. The molecule has 1 aliphatic carbocycles. The predicted molar refractivity (Wildman–Crippen MR) is 91.8 cm³/mol. The predicted octanol–water partition coefficient (Wildman–Crippen LogP) is 2.13. The summed E-state index contributed by atoms with van der Waals surface area (Å²) >= 11 is 0. The number of rotatable bonds is 2. The summed E-state index contributed by atoms with van der Waals surface area (Å²) in [5.41, 5.74) is 2.03. The van der Waals surface area contributed by atoms with Crippen molar-refractivity contribution in [3.05, 3.63) is 53.6 Å². The monoisotopic (exact) mass is 341 g/mol. The largest absolute Gasteiger partial charge is 0.337 e. The summed E-state index contributed by atoms with van der Waals surface area (Å²) in [5, 5.41) is 3.09. The molecule has 1 atom stereocenters. The second kappa shape index (κ2) is 6.66. The molecule has 2 amide bonds. The highest BCUT2D eigenvalue weighted by molar-refractivity contribution is 5.75. The van der Waals surface area contributed by atoms with Gasteiger partial charge >= 0.3 is 6.03 Å². The van der Waals surface area contributed by atoms with Gasteiger partial charge in [-0.2, -0.15) is 0 Å². The van der Waals surface area contributed by atoms with Gasteiger partial charge < -0.3 is 15.1 Å². The summed E-state index contributed by atoms with van der Waals surface area (Å²) in [6, 6.07) is 6.52. The summed E-state index contributed by atoms with van der Waals surface area (Å²) in [6.07, 6.45) is 5.07. The van der Waals surface area contributed by atoms with Gasteiger partial charge in [0, 0.05) is 38.6 Å². The van der Waals surface area contributed by atoms with Crippen LogP contribution in [0.4, 0.5) is 15.1 Å². The van der Waals surface area contributed by atoms with Crippen molar-refractivity contribution in [1.29, 1.82) is 0 Å². The second-order valence-corrected chi connectivity index (χ2v) is 6.41. The van der Waals surface area contributed by atoms with E-state index in [2.05, 4.69) is 20.2 Å². The Balaban J connectivity index is 1.35. The Morgan fingerprint density at radius 1 is 1.16 bits per heavy atom. The van der Waals surface area contributed by atoms with Gasteiger partial charge in [0.1, 0.15) is 5.82 Å². The Morgan fingerprint density at radius 2 is 1.92 bits per heavy atom. The Hall–Kier alpha value is -2.70. The maximum atomic E-state index is 13.3. The van der Waals surface area contributed by atoms with Gasteiger partial charge in [0.05, 0.1) is 6.04 Å². The third kappa shape index (κ3) is 3.26. The number of halogens is 1. The van der Waals surface area contributed by atoms with Crippen LogP contribution in [0.5, 0.6) is 0 Å². The van der Waals surface area contributed by atoms with Crippen LogP contribution >= 0.6 is 0 Å². The zero-order valence-corrected chi connectivity index (χ0v) is 13.9. The van der Waals surface area contributed by atoms with Gasteiger partial charge in [0.15, 0.2) is 0 Å². The van der Waals surface area contributed by atoms with Crippen LogP contribution in [-0.2, 0) is 6.42 Å². The quantitative estimate of drug-likeness (QED) is 0.909. The molecule has 1 aromatic heterocycles. The summed E-state index contributed by atoms with van der Waals surface area (Å²) in [4.78, 5) is 25.0. The van der Waals surface area contributed by atoms with E-state index in [1.165, 1.54) is 6.07 Å². The molecule has 1 fully saturated rings. The summed E-state index contributed by atoms with van der Waals surface area (Å²) in [5.74, 6) is 0.485. The van der Waals surface area contributed by atoms with Crippen molar-refractivity contribution in [2.75, 3.05) is 31.1 Å². The van der Waals surface area contributed by atoms with Crippen molar-refractivity contribution in [3.8, 4) is 0 Å². The van der Waals surface area contributed by atoms with E-state index in [-0.39, 0.29) is 17.9 Å². The molecule has 2 heterocycles. The minimum atomic E-state index is -0.218. The van der Waals surface area contributed by atoms with Crippen LogP contribution < -0.4 is 10.2 Å². The Bertz CT molecular complexity index is 761. The molecule has 130 valence electrons. The maximum absolute atomic E-state index is 13.3. The molecule has 1 saturated heterocycles. The number of benzene rings is 1. The van der Waals surface area contributed by atoms with Crippen LogP contribution in [0.1, 0.15) is 23.6 Å². The third-order valence-electron chi connectivity index (χ3n) is 4.88. The van der Waals surface area contributed by atoms with Crippen molar-refractivity contribution in [1.82, 2.24) is 20.2 Å². The van der Waals surface area contributed by atoms with E-state index in [0.717, 1.165) is 24.0 Å². The molecule has 0 saturated carbocycles. The highest BCUT2D eigenvalue weighted by Crippen LogP contribution is 2.31. The van der Waals surface area contributed by atoms with E-state index in [0.29, 0.717) is 32.1 Å². The van der Waals surface area contributed by atoms with Gasteiger partial charge in [-0.15, -0.1) is 0 Å². The van der Waals surface area contributed by atoms with E-state index in [9.17, 15) is 9.18 Å². The number of nitrogens with zero attached hydrogens (tertiary/aromatic N) is 4. The molecule has 6 nitrogen and oxygen atoms in total. The normalized spacial score (nSPS) is 19.6. The van der Waals surface area contributed by atoms with Crippen LogP contribution in [-0.4, -0.2) is 47.1 Å². The number of fused-ring (bicyclic) bond motifs is 1. The zero-order chi connectivity index (χ0) is 17.2. The fourth-order valence-corrected chi connectivity index (χ4v) is 3.54. The Labute approximate surface area is 145 Å². The van der Waals surface area contributed by atoms with E-state index < -0.39 is 0 Å². The lowest BCUT2D eigenvalue weighted by molar-refractivity contribution is 0.190. The van der Waals surface area contributed by atoms with Crippen molar-refractivity contribution in [2.24, 2.45) is 0 Å². The molecule has 1 aromatic carbocycles. The highest BCUT2D eigenvalue weighted by Gasteiger charge is 2.28. The molecule has 7 heteroatoms. The first kappa shape index (κ1) is 15.8. The fourth-order valence-electron chi connectivity index (χ4n) is 3.54. The average Bonchev–Trinajstić information content (AvgIpc) is 3.04. The van der Waals surface area contributed by atoms with Crippen LogP contribution in [0.2, 0.25) is 0 Å². The maximum Gasteiger partial charge on any atom is 0.318 e. The molecule has 0 bridgehead atoms. The van der Waals surface area contributed by atoms with Gasteiger partial charge in [-0.25, -0.2) is 19.2 Å². The van der Waals surface area contributed by atoms with Gasteiger partial charge in [0.25, 0.3) is 0 Å². The molecule has 25 heavy (non-hydrogen) atoms. The number of carbonyl (C=O) groups excluding carboxylic acids is 1. The number of piperazine rings is 1. The number of amides is 2. The molecule has 1 unspecified atom stereocenters. The van der Waals surface area contributed by atoms with E-state index in [4.69, 9.17) is 0 Å². The fraction of sp³-hybridized carbons (Fsp3) is 0.389. The third-order valence-corrected chi connectivity index (χ3v) is 4.88. The van der Waals surface area contributed by atoms with Crippen molar-refractivity contribution >= 4 is 12.0 Å². The second-order valence-electron chi connectivity index (χ2n) is 6.41. The van der Waals surface area contributed by atoms with Gasteiger partial charge in [-0.3, -0.25) is 0 Å². The van der Waals surface area contributed by atoms with Crippen LogP contribution in [0.3, 0.4) is 0 Å². The number of urea groups is 1. The number of anilines is 1. The van der Waals surface area contributed by atoms with Crippen molar-refractivity contribution < 1.29 is 9.18 Å². The van der Waals surface area contributed by atoms with Crippen LogP contribution in [0.15, 0.2) is 36.7 Å². The van der Waals surface area contributed by atoms with E-state index >= 15 is 0 Å². The lowest BCUT2D eigenvalue weighted by Gasteiger charge is -2.35. The standard InChI is InChI=1S/C18H20FN5O/c19-14-3-4-15-13(12-14)2-5-16(15)22-18(25)24-10-8-23(9-11-24)17-20-6-1-7-21-17/h1,3-4,6-7,12,16H,2,5,8-11H2,(H,22,25). The smallest absolute Gasteiger partial charge is 0.318 e. The van der Waals surface area contributed by atoms with Gasteiger partial charge in [0.2, 0.25) is 5.95 Å². The van der Waals surface area contributed by atoms with Crippen molar-refractivity contribution in [3.63, 3.8) is 0 Å². The average molecular weight is 341 g/mol. The minimum absolute atomic E-state index is 0.0291. The van der Waals surface area contributed by atoms with Crippen LogP contribution in [0, 0.1) is 5.82 Å². The molecular weight excluding hydrogens is 321 g/mol. The Morgan fingerprint density at radius 3 is 2.68 bits per heavy atom. The minimum Gasteiger partial charge on any atom is -0.337 e. The molecule has 1 N–H and O–H groups in total. The zero-order valence-electron chi connectivity index (χ0n) is 13.9. The summed E-state index contributed by atoms with van der Waals surface area (Å²) in [7, 11) is 0. The highest BCUT2D eigenvalue weighted by atomic mass is 19.1. The first-order valence-corrected chi connectivity index (χ1v) is 8.56. The van der Waals surface area contributed by atoms with Gasteiger partial charge in [-0.1, -0.05) is 6.07 Å². The summed E-state index contributed by atoms with van der Waals surface area (Å²) in [6.45, 7) is 2.69. The lowest BCUT2D eigenvalue weighted by Crippen LogP contribution is -2.52. The number of hydrogen-bond donors (Lipinski definition) is 1.